The zero-order valence-electron chi connectivity index (χ0n) is 13.8. The molecule has 0 spiro atoms. The molecule has 0 fully saturated rings. The Bertz CT molecular complexity index is 1020. The molecule has 0 radical (unpaired) electrons. The maximum Gasteiger partial charge on any atom is 0.422 e. The van der Waals surface area contributed by atoms with Gasteiger partial charge in [0.05, 0.1) is 0 Å². The Kier molecular flexibility index (Phi) is 4.03. The Morgan fingerprint density at radius 3 is 2.00 bits per heavy atom. The van der Waals surface area contributed by atoms with Gasteiger partial charge < -0.3 is 10.4 Å². The minimum absolute atomic E-state index is 0.0813. The predicted octanol–water partition coefficient (Wildman–Crippen LogP) is 1.93. The van der Waals surface area contributed by atoms with Gasteiger partial charge in [-0.2, -0.15) is 0 Å². The fourth-order valence-electron chi connectivity index (χ4n) is 2.81. The summed E-state index contributed by atoms with van der Waals surface area (Å²) in [5.74, 6) is 0.0901. The average Bonchev–Trinajstić information content (AvgIpc) is 2.94. The van der Waals surface area contributed by atoms with Crippen molar-refractivity contribution < 1.29 is 9.58 Å². The summed E-state index contributed by atoms with van der Waals surface area (Å²) >= 11 is 0. The van der Waals surface area contributed by atoms with Crippen molar-refractivity contribution in [2.45, 2.75) is 6.54 Å². The van der Waals surface area contributed by atoms with Gasteiger partial charge in [-0.25, -0.2) is 9.97 Å². The van der Waals surface area contributed by atoms with Gasteiger partial charge >= 0.3 is 11.6 Å². The third-order valence-corrected chi connectivity index (χ3v) is 3.99. The van der Waals surface area contributed by atoms with Crippen LogP contribution in [0.4, 0.5) is 0 Å². The first-order valence-electron chi connectivity index (χ1n) is 8.08. The van der Waals surface area contributed by atoms with Gasteiger partial charge in [0.25, 0.3) is 0 Å². The highest BCUT2D eigenvalue weighted by Gasteiger charge is 2.35. The number of hydrogen-bond acceptors (Lipinski definition) is 4. The van der Waals surface area contributed by atoms with E-state index in [0.717, 1.165) is 5.56 Å². The molecule has 0 bridgehead atoms. The van der Waals surface area contributed by atoms with E-state index in [1.165, 1.54) is 4.68 Å². The molecule has 7 heteroatoms. The Balaban J connectivity index is 1.94. The number of benzene rings is 1. The number of rotatable bonds is 4. The van der Waals surface area contributed by atoms with Crippen molar-refractivity contribution in [3.63, 3.8) is 0 Å². The van der Waals surface area contributed by atoms with Gasteiger partial charge in [-0.1, -0.05) is 42.5 Å². The van der Waals surface area contributed by atoms with Gasteiger partial charge in [-0.15, -0.1) is 4.73 Å². The van der Waals surface area contributed by atoms with Crippen LogP contribution < -0.4 is 9.58 Å². The summed E-state index contributed by atoms with van der Waals surface area (Å²) in [6, 6.07) is 19.8. The summed E-state index contributed by atoms with van der Waals surface area (Å²) in [6.45, 7) is 0.241. The molecule has 0 aliphatic rings. The maximum absolute atomic E-state index is 13.0. The van der Waals surface area contributed by atoms with Crippen LogP contribution in [0.25, 0.3) is 23.0 Å². The molecular weight excluding hydrogens is 330 g/mol. The van der Waals surface area contributed by atoms with Crippen LogP contribution in [0, 0.1) is 10.4 Å². The summed E-state index contributed by atoms with van der Waals surface area (Å²) in [5.41, 5.74) is 1.63. The summed E-state index contributed by atoms with van der Waals surface area (Å²) in [7, 11) is 0. The molecule has 0 atom stereocenters. The molecule has 0 aliphatic heterocycles. The molecule has 4 rings (SSSR count). The lowest BCUT2D eigenvalue weighted by atomic mass is 10.2. The van der Waals surface area contributed by atoms with Crippen molar-refractivity contribution in [3.8, 4) is 23.0 Å². The molecule has 4 aromatic rings. The lowest BCUT2D eigenvalue weighted by Gasteiger charge is -2.00. The Labute approximate surface area is 149 Å². The lowest BCUT2D eigenvalue weighted by Crippen LogP contribution is -2.42. The summed E-state index contributed by atoms with van der Waals surface area (Å²) < 4.78 is 1.97. The molecule has 0 aliphatic carbocycles. The van der Waals surface area contributed by atoms with E-state index in [2.05, 4.69) is 9.97 Å². The quantitative estimate of drug-likeness (QED) is 0.418. The second kappa shape index (κ2) is 6.64. The molecule has 0 N–H and O–H groups in total. The van der Waals surface area contributed by atoms with Crippen LogP contribution >= 0.6 is 0 Å². The van der Waals surface area contributed by atoms with Gasteiger partial charge in [0, 0.05) is 22.8 Å². The third kappa shape index (κ3) is 2.75. The van der Waals surface area contributed by atoms with Gasteiger partial charge in [0.1, 0.15) is 0 Å². The molecule has 0 saturated heterocycles. The molecule has 0 amide bonds. The van der Waals surface area contributed by atoms with E-state index in [1.54, 1.807) is 48.8 Å². The van der Waals surface area contributed by atoms with Crippen LogP contribution in [-0.4, -0.2) is 14.6 Å². The number of pyridine rings is 2. The van der Waals surface area contributed by atoms with E-state index in [0.29, 0.717) is 21.0 Å². The van der Waals surface area contributed by atoms with E-state index < -0.39 is 0 Å². The summed E-state index contributed by atoms with van der Waals surface area (Å²) in [6.07, 6.45) is 3.13. The van der Waals surface area contributed by atoms with Crippen LogP contribution in [0.15, 0.2) is 79.1 Å². The molecule has 3 heterocycles. The summed E-state index contributed by atoms with van der Waals surface area (Å²) in [4.78, 5) is 8.99. The van der Waals surface area contributed by atoms with E-state index >= 15 is 0 Å². The minimum atomic E-state index is -0.0813. The van der Waals surface area contributed by atoms with Crippen molar-refractivity contribution in [1.82, 2.24) is 14.6 Å². The number of aromatic nitrogens is 5. The average molecular weight is 345 g/mol. The van der Waals surface area contributed by atoms with Crippen molar-refractivity contribution >= 4 is 0 Å². The van der Waals surface area contributed by atoms with Crippen LogP contribution in [0.5, 0.6) is 0 Å². The molecule has 0 saturated carbocycles. The van der Waals surface area contributed by atoms with Crippen molar-refractivity contribution in [2.24, 2.45) is 0 Å². The Hall–Kier alpha value is -3.74. The van der Waals surface area contributed by atoms with Crippen LogP contribution in [0.1, 0.15) is 5.56 Å². The van der Waals surface area contributed by atoms with E-state index in [-0.39, 0.29) is 18.2 Å². The van der Waals surface area contributed by atoms with E-state index in [4.69, 9.17) is 0 Å². The fraction of sp³-hybridized carbons (Fsp3) is 0.0526. The van der Waals surface area contributed by atoms with Crippen LogP contribution in [0.2, 0.25) is 0 Å². The van der Waals surface area contributed by atoms with Crippen LogP contribution in [-0.2, 0) is 6.54 Å². The third-order valence-electron chi connectivity index (χ3n) is 3.99. The molecule has 0 unspecified atom stereocenters. The standard InChI is InChI=1S/C19H15N5O2/c25-23-18(16-10-4-6-12-20-16)22(14-15-8-2-1-3-9-15)24(26)19(23)17-11-5-7-13-21-17/h1-13H,14H2. The zero-order chi connectivity index (χ0) is 17.9. The highest BCUT2D eigenvalue weighted by molar-refractivity contribution is 5.49. The summed E-state index contributed by atoms with van der Waals surface area (Å²) in [5, 5.41) is 26.0. The molecule has 7 nitrogen and oxygen atoms in total. The SMILES string of the molecule is [O-][n+]1c(-c2ccccn2)n(Cc2ccccc2)[n+]([O-])c1-c1ccccn1. The fourth-order valence-corrected chi connectivity index (χ4v) is 2.81. The Morgan fingerprint density at radius 1 is 0.769 bits per heavy atom. The number of nitrogens with zero attached hydrogens (tertiary/aromatic N) is 5. The predicted molar refractivity (Wildman–Crippen MR) is 94.4 cm³/mol. The molecule has 128 valence electrons. The van der Waals surface area contributed by atoms with Crippen molar-refractivity contribution in [3.05, 3.63) is 95.1 Å². The first kappa shape index (κ1) is 15.8. The van der Waals surface area contributed by atoms with E-state index in [9.17, 15) is 10.4 Å². The first-order chi connectivity index (χ1) is 12.8. The van der Waals surface area contributed by atoms with Gasteiger partial charge in [-0.05, 0) is 28.9 Å². The van der Waals surface area contributed by atoms with Crippen molar-refractivity contribution in [2.75, 3.05) is 0 Å². The molecule has 3 aromatic heterocycles. The van der Waals surface area contributed by atoms with Crippen molar-refractivity contribution in [1.29, 1.82) is 0 Å². The Morgan fingerprint density at radius 2 is 1.38 bits per heavy atom. The van der Waals surface area contributed by atoms with Gasteiger partial charge in [0.15, 0.2) is 17.9 Å². The molecular formula is C19H15N5O2. The van der Waals surface area contributed by atoms with E-state index in [1.807, 2.05) is 30.3 Å². The largest absolute Gasteiger partial charge is 0.675 e. The topological polar surface area (TPSA) is 84.6 Å². The first-order valence-corrected chi connectivity index (χ1v) is 8.08. The lowest BCUT2D eigenvalue weighted by molar-refractivity contribution is -0.728. The molecule has 1 aromatic carbocycles. The smallest absolute Gasteiger partial charge is 0.422 e. The van der Waals surface area contributed by atoms with Gasteiger partial charge in [0.2, 0.25) is 0 Å². The number of hydrogen-bond donors (Lipinski definition) is 0. The monoisotopic (exact) mass is 345 g/mol. The maximum atomic E-state index is 13.0. The second-order valence-electron chi connectivity index (χ2n) is 5.69. The highest BCUT2D eigenvalue weighted by atomic mass is 16.5. The highest BCUT2D eigenvalue weighted by Crippen LogP contribution is 2.17. The van der Waals surface area contributed by atoms with Gasteiger partial charge in [-0.3, -0.25) is 0 Å². The molecule has 26 heavy (non-hydrogen) atoms. The normalized spacial score (nSPS) is 10.8. The van der Waals surface area contributed by atoms with Crippen LogP contribution in [0.3, 0.4) is 0 Å². The second-order valence-corrected chi connectivity index (χ2v) is 5.69. The zero-order valence-corrected chi connectivity index (χ0v) is 13.8. The minimum Gasteiger partial charge on any atom is -0.675 e.